The van der Waals surface area contributed by atoms with Crippen LogP contribution in [0.3, 0.4) is 0 Å². The minimum atomic E-state index is -3.22. The minimum absolute atomic E-state index is 0.0706. The van der Waals surface area contributed by atoms with Crippen molar-refractivity contribution < 1.29 is 13.5 Å². The van der Waals surface area contributed by atoms with Crippen molar-refractivity contribution in [2.45, 2.75) is 0 Å². The summed E-state index contributed by atoms with van der Waals surface area (Å²) >= 11 is 0. The molecule has 0 aliphatic carbocycles. The second-order valence-electron chi connectivity index (χ2n) is 1.83. The van der Waals surface area contributed by atoms with Gasteiger partial charge in [0.1, 0.15) is 0 Å². The lowest BCUT2D eigenvalue weighted by Crippen LogP contribution is -2.15. The van der Waals surface area contributed by atoms with Crippen LogP contribution < -0.4 is 0 Å². The van der Waals surface area contributed by atoms with Gasteiger partial charge in [-0.1, -0.05) is 5.11 Å². The molecule has 0 saturated carbocycles. The van der Waals surface area contributed by atoms with Crippen molar-refractivity contribution in [1.29, 1.82) is 0 Å². The first kappa shape index (κ1) is 10.2. The number of hydrogen-bond acceptors (Lipinski definition) is 4. The Morgan fingerprint density at radius 3 is 2.55 bits per heavy atom. The van der Waals surface area contributed by atoms with E-state index >= 15 is 0 Å². The van der Waals surface area contributed by atoms with Crippen molar-refractivity contribution in [2.24, 2.45) is 5.11 Å². The molecule has 0 unspecified atom stereocenters. The first-order valence-electron chi connectivity index (χ1n) is 2.94. The zero-order chi connectivity index (χ0) is 8.74. The summed E-state index contributed by atoms with van der Waals surface area (Å²) in [5, 5.41) is 11.3. The third-order valence-electron chi connectivity index (χ3n) is 0.968. The molecule has 0 aromatic rings. The molecule has 0 saturated heterocycles. The SMILES string of the molecule is [N-]=[N+]=NCCS(=O)(=O)CCO. The van der Waals surface area contributed by atoms with Crippen molar-refractivity contribution in [1.82, 2.24) is 0 Å². The molecule has 11 heavy (non-hydrogen) atoms. The number of azide groups is 1. The van der Waals surface area contributed by atoms with Crippen LogP contribution in [0, 0.1) is 0 Å². The van der Waals surface area contributed by atoms with Gasteiger partial charge in [0.25, 0.3) is 0 Å². The fourth-order valence-electron chi connectivity index (χ4n) is 0.466. The van der Waals surface area contributed by atoms with E-state index in [1.165, 1.54) is 0 Å². The van der Waals surface area contributed by atoms with Gasteiger partial charge >= 0.3 is 0 Å². The molecular weight excluding hydrogens is 170 g/mol. The van der Waals surface area contributed by atoms with E-state index in [-0.39, 0.29) is 18.1 Å². The standard InChI is InChI=1S/C4H9N3O3S/c5-7-6-1-3-11(9,10)4-2-8/h8H,1-4H2. The third kappa shape index (κ3) is 5.65. The van der Waals surface area contributed by atoms with Gasteiger partial charge in [0, 0.05) is 11.5 Å². The zero-order valence-electron chi connectivity index (χ0n) is 5.84. The Hall–Kier alpha value is -0.780. The van der Waals surface area contributed by atoms with E-state index in [1.807, 2.05) is 0 Å². The van der Waals surface area contributed by atoms with Crippen molar-refractivity contribution in [2.75, 3.05) is 24.7 Å². The molecular formula is C4H9N3O3S. The smallest absolute Gasteiger partial charge is 0.152 e. The number of rotatable bonds is 5. The molecule has 0 amide bonds. The van der Waals surface area contributed by atoms with Crippen LogP contribution in [-0.2, 0) is 9.84 Å². The lowest BCUT2D eigenvalue weighted by Gasteiger charge is -1.96. The fourth-order valence-corrected chi connectivity index (χ4v) is 1.31. The van der Waals surface area contributed by atoms with Gasteiger partial charge < -0.3 is 5.11 Å². The van der Waals surface area contributed by atoms with E-state index in [9.17, 15) is 8.42 Å². The molecule has 0 aromatic carbocycles. The zero-order valence-corrected chi connectivity index (χ0v) is 6.66. The molecule has 0 aliphatic rings. The highest BCUT2D eigenvalue weighted by Crippen LogP contribution is 1.89. The summed E-state index contributed by atoms with van der Waals surface area (Å²) in [6.45, 7) is -0.461. The van der Waals surface area contributed by atoms with Crippen molar-refractivity contribution in [3.05, 3.63) is 10.4 Å². The van der Waals surface area contributed by atoms with Crippen molar-refractivity contribution in [3.8, 4) is 0 Å². The maximum absolute atomic E-state index is 10.8. The average molecular weight is 179 g/mol. The number of hydrogen-bond donors (Lipinski definition) is 1. The maximum Gasteiger partial charge on any atom is 0.152 e. The highest BCUT2D eigenvalue weighted by molar-refractivity contribution is 7.91. The van der Waals surface area contributed by atoms with Crippen molar-refractivity contribution >= 4 is 9.84 Å². The summed E-state index contributed by atoms with van der Waals surface area (Å²) in [5.74, 6) is -0.467. The largest absolute Gasteiger partial charge is 0.395 e. The van der Waals surface area contributed by atoms with Crippen LogP contribution in [0.15, 0.2) is 5.11 Å². The monoisotopic (exact) mass is 179 g/mol. The molecule has 0 heterocycles. The van der Waals surface area contributed by atoms with Gasteiger partial charge in [-0.2, -0.15) is 0 Å². The fraction of sp³-hybridized carbons (Fsp3) is 1.00. The predicted molar refractivity (Wildman–Crippen MR) is 39.8 cm³/mol. The van der Waals surface area contributed by atoms with Gasteiger partial charge in [0.2, 0.25) is 0 Å². The van der Waals surface area contributed by atoms with Gasteiger partial charge in [0.05, 0.1) is 18.1 Å². The summed E-state index contributed by atoms with van der Waals surface area (Å²) < 4.78 is 21.5. The van der Waals surface area contributed by atoms with E-state index < -0.39 is 16.4 Å². The van der Waals surface area contributed by atoms with Gasteiger partial charge in [-0.15, -0.1) is 0 Å². The Bertz CT molecular complexity index is 241. The van der Waals surface area contributed by atoms with E-state index in [4.69, 9.17) is 10.6 Å². The topological polar surface area (TPSA) is 103 Å². The molecule has 64 valence electrons. The second kappa shape index (κ2) is 4.95. The summed E-state index contributed by atoms with van der Waals surface area (Å²) in [5.41, 5.74) is 7.81. The van der Waals surface area contributed by atoms with Crippen LogP contribution in [0.1, 0.15) is 0 Å². The van der Waals surface area contributed by atoms with E-state index in [0.29, 0.717) is 0 Å². The lowest BCUT2D eigenvalue weighted by atomic mass is 10.8. The molecule has 7 heteroatoms. The highest BCUT2D eigenvalue weighted by atomic mass is 32.2. The Balaban J connectivity index is 3.83. The molecule has 6 nitrogen and oxygen atoms in total. The number of nitrogens with zero attached hydrogens (tertiary/aromatic N) is 3. The van der Waals surface area contributed by atoms with Crippen LogP contribution in [-0.4, -0.2) is 38.2 Å². The Labute approximate surface area is 64.4 Å². The Morgan fingerprint density at radius 2 is 2.09 bits per heavy atom. The summed E-state index contributed by atoms with van der Waals surface area (Å²) in [7, 11) is -3.22. The number of aliphatic hydroxyl groups excluding tert-OH is 1. The van der Waals surface area contributed by atoms with Crippen LogP contribution in [0.5, 0.6) is 0 Å². The van der Waals surface area contributed by atoms with Crippen LogP contribution in [0.25, 0.3) is 10.4 Å². The van der Waals surface area contributed by atoms with Gasteiger partial charge in [-0.25, -0.2) is 8.42 Å². The Morgan fingerprint density at radius 1 is 1.45 bits per heavy atom. The molecule has 0 aliphatic heterocycles. The summed E-state index contributed by atoms with van der Waals surface area (Å²) in [6, 6.07) is 0. The average Bonchev–Trinajstić information content (AvgIpc) is 1.87. The Kier molecular flexibility index (Phi) is 4.60. The first-order valence-corrected chi connectivity index (χ1v) is 4.76. The maximum atomic E-state index is 10.8. The van der Waals surface area contributed by atoms with E-state index in [1.54, 1.807) is 0 Å². The quantitative estimate of drug-likeness (QED) is 0.356. The van der Waals surface area contributed by atoms with E-state index in [2.05, 4.69) is 10.0 Å². The molecule has 0 aromatic heterocycles. The van der Waals surface area contributed by atoms with Gasteiger partial charge in [-0.05, 0) is 5.53 Å². The summed E-state index contributed by atoms with van der Waals surface area (Å²) in [6.07, 6.45) is 0. The summed E-state index contributed by atoms with van der Waals surface area (Å²) in [4.78, 5) is 2.40. The van der Waals surface area contributed by atoms with Crippen LogP contribution >= 0.6 is 0 Å². The van der Waals surface area contributed by atoms with Gasteiger partial charge in [0.15, 0.2) is 9.84 Å². The van der Waals surface area contributed by atoms with Gasteiger partial charge in [-0.3, -0.25) is 0 Å². The molecule has 0 atom stereocenters. The molecule has 0 rings (SSSR count). The first-order chi connectivity index (χ1) is 5.12. The van der Waals surface area contributed by atoms with E-state index in [0.717, 1.165) is 0 Å². The molecule has 0 radical (unpaired) electrons. The molecule has 0 bridgehead atoms. The molecule has 0 fully saturated rings. The van der Waals surface area contributed by atoms with Crippen LogP contribution in [0.2, 0.25) is 0 Å². The lowest BCUT2D eigenvalue weighted by molar-refractivity contribution is 0.319. The third-order valence-corrected chi connectivity index (χ3v) is 2.58. The number of sulfone groups is 1. The van der Waals surface area contributed by atoms with Crippen LogP contribution in [0.4, 0.5) is 0 Å². The minimum Gasteiger partial charge on any atom is -0.395 e. The molecule has 1 N–H and O–H groups in total. The predicted octanol–water partition coefficient (Wildman–Crippen LogP) is -0.296. The second-order valence-corrected chi connectivity index (χ2v) is 4.13. The molecule has 0 spiro atoms. The normalized spacial score (nSPS) is 10.6. The van der Waals surface area contributed by atoms with Crippen molar-refractivity contribution in [3.63, 3.8) is 0 Å². The highest BCUT2D eigenvalue weighted by Gasteiger charge is 2.07. The number of aliphatic hydroxyl groups is 1.